The first-order chi connectivity index (χ1) is 12.1. The summed E-state index contributed by atoms with van der Waals surface area (Å²) < 4.78 is 5.30. The van der Waals surface area contributed by atoms with E-state index in [1.54, 1.807) is 11.0 Å². The topological polar surface area (TPSA) is 46.6 Å². The fraction of sp³-hybridized carbons (Fsp3) is 0.333. The number of carbonyl (C=O) groups excluding carboxylic acids is 2. The number of carbonyl (C=O) groups is 2. The van der Waals surface area contributed by atoms with Crippen LogP contribution in [0.3, 0.4) is 0 Å². The van der Waals surface area contributed by atoms with E-state index < -0.39 is 5.97 Å². The third kappa shape index (κ3) is 2.93. The fourth-order valence-corrected chi connectivity index (χ4v) is 3.92. The van der Waals surface area contributed by atoms with Crippen molar-refractivity contribution in [2.45, 2.75) is 38.6 Å². The van der Waals surface area contributed by atoms with Crippen molar-refractivity contribution in [1.82, 2.24) is 0 Å². The molecule has 0 aromatic heterocycles. The minimum atomic E-state index is -0.428. The third-order valence-corrected chi connectivity index (χ3v) is 5.14. The van der Waals surface area contributed by atoms with Crippen molar-refractivity contribution < 1.29 is 14.3 Å². The Balaban J connectivity index is 1.43. The smallest absolute Gasteiger partial charge is 0.338 e. The zero-order chi connectivity index (χ0) is 17.4. The summed E-state index contributed by atoms with van der Waals surface area (Å²) in [5, 5.41) is 0. The highest BCUT2D eigenvalue weighted by molar-refractivity contribution is 5.99. The Labute approximate surface area is 147 Å². The maximum atomic E-state index is 12.6. The zero-order valence-electron chi connectivity index (χ0n) is 14.3. The Bertz CT molecular complexity index is 843. The van der Waals surface area contributed by atoms with E-state index in [4.69, 9.17) is 4.74 Å². The first-order valence-corrected chi connectivity index (χ1v) is 8.82. The van der Waals surface area contributed by atoms with Crippen LogP contribution in [0.2, 0.25) is 0 Å². The van der Waals surface area contributed by atoms with E-state index in [0.29, 0.717) is 5.56 Å². The van der Waals surface area contributed by atoms with Crippen LogP contribution in [0.25, 0.3) is 0 Å². The summed E-state index contributed by atoms with van der Waals surface area (Å²) in [7, 11) is 0. The largest absolute Gasteiger partial charge is 0.452 e. The highest BCUT2D eigenvalue weighted by Crippen LogP contribution is 2.31. The van der Waals surface area contributed by atoms with Gasteiger partial charge in [0.2, 0.25) is 0 Å². The van der Waals surface area contributed by atoms with Gasteiger partial charge in [-0.2, -0.15) is 0 Å². The average molecular weight is 335 g/mol. The molecule has 1 atom stereocenters. The lowest BCUT2D eigenvalue weighted by molar-refractivity contribution is -0.122. The van der Waals surface area contributed by atoms with Gasteiger partial charge in [-0.05, 0) is 67.5 Å². The number of ether oxygens (including phenoxy) is 1. The van der Waals surface area contributed by atoms with Crippen molar-refractivity contribution in [2.24, 2.45) is 0 Å². The molecule has 0 bridgehead atoms. The van der Waals surface area contributed by atoms with Gasteiger partial charge in [-0.1, -0.05) is 24.3 Å². The number of para-hydroxylation sites is 1. The number of nitrogens with zero attached hydrogens (tertiary/aromatic N) is 1. The Morgan fingerprint density at radius 2 is 1.88 bits per heavy atom. The van der Waals surface area contributed by atoms with Crippen LogP contribution >= 0.6 is 0 Å². The van der Waals surface area contributed by atoms with E-state index in [-0.39, 0.29) is 18.6 Å². The molecule has 0 unspecified atom stereocenters. The van der Waals surface area contributed by atoms with Gasteiger partial charge in [0.1, 0.15) is 0 Å². The number of amides is 1. The Kier molecular flexibility index (Phi) is 4.04. The number of esters is 1. The second kappa shape index (κ2) is 6.36. The maximum absolute atomic E-state index is 12.6. The van der Waals surface area contributed by atoms with Gasteiger partial charge in [0.25, 0.3) is 5.91 Å². The first kappa shape index (κ1) is 15.9. The van der Waals surface area contributed by atoms with Gasteiger partial charge < -0.3 is 9.64 Å². The summed E-state index contributed by atoms with van der Waals surface area (Å²) >= 11 is 0. The van der Waals surface area contributed by atoms with Crippen molar-refractivity contribution >= 4 is 17.6 Å². The summed E-state index contributed by atoms with van der Waals surface area (Å²) in [6.07, 6.45) is 4.06. The molecule has 4 rings (SSSR count). The van der Waals surface area contributed by atoms with Gasteiger partial charge in [0, 0.05) is 11.7 Å². The SMILES string of the molecule is C[C@H]1Cc2ccccc2N1C(=O)COC(=O)c1ccc2c(c1)CCC2. The van der Waals surface area contributed by atoms with E-state index in [0.717, 1.165) is 36.9 Å². The zero-order valence-corrected chi connectivity index (χ0v) is 14.3. The van der Waals surface area contributed by atoms with Crippen molar-refractivity contribution in [3.63, 3.8) is 0 Å². The molecule has 0 spiro atoms. The number of hydrogen-bond acceptors (Lipinski definition) is 3. The molecule has 1 aliphatic carbocycles. The van der Waals surface area contributed by atoms with E-state index in [1.165, 1.54) is 11.1 Å². The molecule has 1 amide bonds. The lowest BCUT2D eigenvalue weighted by Gasteiger charge is -2.22. The van der Waals surface area contributed by atoms with E-state index in [1.807, 2.05) is 43.3 Å². The van der Waals surface area contributed by atoms with Crippen molar-refractivity contribution in [1.29, 1.82) is 0 Å². The molecule has 0 N–H and O–H groups in total. The molecule has 4 nitrogen and oxygen atoms in total. The molecule has 2 aromatic carbocycles. The van der Waals surface area contributed by atoms with Gasteiger partial charge in [0.15, 0.2) is 6.61 Å². The minimum Gasteiger partial charge on any atom is -0.452 e. The second-order valence-corrected chi connectivity index (χ2v) is 6.86. The molecule has 1 heterocycles. The molecule has 0 radical (unpaired) electrons. The van der Waals surface area contributed by atoms with Crippen LogP contribution in [-0.4, -0.2) is 24.5 Å². The van der Waals surface area contributed by atoms with Gasteiger partial charge in [-0.3, -0.25) is 4.79 Å². The molecule has 0 saturated carbocycles. The van der Waals surface area contributed by atoms with Gasteiger partial charge in [-0.25, -0.2) is 4.79 Å². The second-order valence-electron chi connectivity index (χ2n) is 6.86. The van der Waals surface area contributed by atoms with E-state index in [2.05, 4.69) is 0 Å². The summed E-state index contributed by atoms with van der Waals surface area (Å²) in [6.45, 7) is 1.79. The standard InChI is InChI=1S/C21H21NO3/c1-14-11-17-5-2-3-8-19(17)22(14)20(23)13-25-21(24)18-10-9-15-6-4-7-16(15)12-18/h2-3,5,8-10,12,14H,4,6-7,11,13H2,1H3/t14-/m0/s1. The van der Waals surface area contributed by atoms with Crippen LogP contribution in [-0.2, 0) is 28.8 Å². The number of rotatable bonds is 3. The van der Waals surface area contributed by atoms with Crippen LogP contribution in [0.5, 0.6) is 0 Å². The molecule has 1 aliphatic heterocycles. The quantitative estimate of drug-likeness (QED) is 0.809. The molecular weight excluding hydrogens is 314 g/mol. The first-order valence-electron chi connectivity index (χ1n) is 8.82. The number of hydrogen-bond donors (Lipinski definition) is 0. The normalized spacial score (nSPS) is 18.0. The molecule has 25 heavy (non-hydrogen) atoms. The van der Waals surface area contributed by atoms with Crippen LogP contribution in [0.15, 0.2) is 42.5 Å². The van der Waals surface area contributed by atoms with Crippen LogP contribution in [0, 0.1) is 0 Å². The lowest BCUT2D eigenvalue weighted by Crippen LogP contribution is -2.38. The fourth-order valence-electron chi connectivity index (χ4n) is 3.92. The van der Waals surface area contributed by atoms with Gasteiger partial charge in [-0.15, -0.1) is 0 Å². The van der Waals surface area contributed by atoms with Crippen molar-refractivity contribution in [2.75, 3.05) is 11.5 Å². The Hall–Kier alpha value is -2.62. The molecular formula is C21H21NO3. The summed E-state index contributed by atoms with van der Waals surface area (Å²) in [4.78, 5) is 26.6. The maximum Gasteiger partial charge on any atom is 0.338 e. The molecule has 128 valence electrons. The Morgan fingerprint density at radius 1 is 1.08 bits per heavy atom. The Morgan fingerprint density at radius 3 is 2.76 bits per heavy atom. The number of fused-ring (bicyclic) bond motifs is 2. The highest BCUT2D eigenvalue weighted by atomic mass is 16.5. The number of aryl methyl sites for hydroxylation is 2. The average Bonchev–Trinajstić information content (AvgIpc) is 3.21. The number of benzene rings is 2. The molecule has 0 saturated heterocycles. The lowest BCUT2D eigenvalue weighted by atomic mass is 10.1. The third-order valence-electron chi connectivity index (χ3n) is 5.14. The molecule has 4 heteroatoms. The monoisotopic (exact) mass is 335 g/mol. The van der Waals surface area contributed by atoms with Crippen LogP contribution in [0.4, 0.5) is 5.69 Å². The highest BCUT2D eigenvalue weighted by Gasteiger charge is 2.31. The molecule has 0 fully saturated rings. The summed E-state index contributed by atoms with van der Waals surface area (Å²) in [5.74, 6) is -0.602. The van der Waals surface area contributed by atoms with Gasteiger partial charge >= 0.3 is 5.97 Å². The summed E-state index contributed by atoms with van der Waals surface area (Å²) in [5.41, 5.74) is 5.16. The van der Waals surface area contributed by atoms with Crippen molar-refractivity contribution in [3.8, 4) is 0 Å². The van der Waals surface area contributed by atoms with Crippen LogP contribution in [0.1, 0.15) is 40.4 Å². The van der Waals surface area contributed by atoms with Crippen LogP contribution < -0.4 is 4.90 Å². The van der Waals surface area contributed by atoms with Gasteiger partial charge in [0.05, 0.1) is 5.56 Å². The van der Waals surface area contributed by atoms with E-state index in [9.17, 15) is 9.59 Å². The van der Waals surface area contributed by atoms with Crippen molar-refractivity contribution in [3.05, 3.63) is 64.7 Å². The number of anilines is 1. The van der Waals surface area contributed by atoms with E-state index >= 15 is 0 Å². The molecule has 2 aromatic rings. The minimum absolute atomic E-state index is 0.0867. The molecule has 2 aliphatic rings. The predicted octanol–water partition coefficient (Wildman–Crippen LogP) is 3.31. The summed E-state index contributed by atoms with van der Waals surface area (Å²) in [6, 6.07) is 13.7. The predicted molar refractivity (Wildman–Crippen MR) is 95.8 cm³/mol.